The van der Waals surface area contributed by atoms with Crippen molar-refractivity contribution in [2.75, 3.05) is 20.6 Å². The number of hydrogen-bond donors (Lipinski definition) is 2. The van der Waals surface area contributed by atoms with Gasteiger partial charge in [0.15, 0.2) is 0 Å². The molecule has 0 saturated carbocycles. The zero-order valence-corrected chi connectivity index (χ0v) is 18.9. The molecule has 5 nitrogen and oxygen atoms in total. The Morgan fingerprint density at radius 1 is 0.812 bits per heavy atom. The number of nitrogens with one attached hydrogen (secondary N) is 2. The van der Waals surface area contributed by atoms with Crippen molar-refractivity contribution in [1.29, 1.82) is 0 Å². The number of nitrogens with zero attached hydrogens (tertiary/aromatic N) is 1. The van der Waals surface area contributed by atoms with Crippen LogP contribution >= 0.6 is 0 Å². The molecule has 166 valence electrons. The molecule has 0 bridgehead atoms. The third-order valence-electron chi connectivity index (χ3n) is 5.51. The van der Waals surface area contributed by atoms with Gasteiger partial charge in [0.25, 0.3) is 5.91 Å². The highest BCUT2D eigenvalue weighted by atomic mass is 16.2. The van der Waals surface area contributed by atoms with Crippen molar-refractivity contribution in [3.63, 3.8) is 0 Å². The maximum Gasteiger partial charge on any atom is 0.251 e. The molecule has 0 aliphatic rings. The number of benzene rings is 3. The van der Waals surface area contributed by atoms with Crippen LogP contribution in [0.2, 0.25) is 0 Å². The summed E-state index contributed by atoms with van der Waals surface area (Å²) in [5.74, 6) is -0.302. The molecule has 3 rings (SSSR count). The fourth-order valence-electron chi connectivity index (χ4n) is 3.62. The summed E-state index contributed by atoms with van der Waals surface area (Å²) in [6, 6.07) is 26.7. The van der Waals surface area contributed by atoms with E-state index in [1.54, 1.807) is 12.1 Å². The van der Waals surface area contributed by atoms with E-state index in [0.29, 0.717) is 12.1 Å². The summed E-state index contributed by atoms with van der Waals surface area (Å²) in [6.07, 6.45) is 0.163. The van der Waals surface area contributed by atoms with Gasteiger partial charge in [-0.25, -0.2) is 0 Å². The largest absolute Gasteiger partial charge is 0.354 e. The minimum atomic E-state index is -0.416. The first kappa shape index (κ1) is 23.2. The number of amides is 2. The minimum Gasteiger partial charge on any atom is -0.354 e. The molecular formula is C27H31N3O2. The van der Waals surface area contributed by atoms with Gasteiger partial charge in [0.05, 0.1) is 18.5 Å². The molecule has 2 amide bonds. The Hall–Kier alpha value is -3.44. The summed E-state index contributed by atoms with van der Waals surface area (Å²) in [6.45, 7) is 2.55. The molecule has 0 heterocycles. The Bertz CT molecular complexity index is 1000. The van der Waals surface area contributed by atoms with Crippen molar-refractivity contribution in [3.8, 4) is 0 Å². The molecule has 0 fully saturated rings. The monoisotopic (exact) mass is 429 g/mol. The molecule has 3 aromatic carbocycles. The van der Waals surface area contributed by atoms with Crippen LogP contribution in [0.25, 0.3) is 0 Å². The molecule has 0 saturated heterocycles. The van der Waals surface area contributed by atoms with Crippen LogP contribution in [0.15, 0.2) is 84.9 Å². The highest BCUT2D eigenvalue weighted by Crippen LogP contribution is 2.20. The second-order valence-corrected chi connectivity index (χ2v) is 8.20. The van der Waals surface area contributed by atoms with Crippen LogP contribution in [0, 0.1) is 6.92 Å². The Morgan fingerprint density at radius 3 is 2.00 bits per heavy atom. The first-order chi connectivity index (χ1) is 15.4. The van der Waals surface area contributed by atoms with Gasteiger partial charge in [-0.2, -0.15) is 0 Å². The van der Waals surface area contributed by atoms with Crippen LogP contribution in [0.3, 0.4) is 0 Å². The van der Waals surface area contributed by atoms with Gasteiger partial charge in [-0.1, -0.05) is 78.4 Å². The topological polar surface area (TPSA) is 61.4 Å². The molecule has 2 N–H and O–H groups in total. The van der Waals surface area contributed by atoms with Gasteiger partial charge in [-0.05, 0) is 44.3 Å². The third-order valence-corrected chi connectivity index (χ3v) is 5.51. The Labute approximate surface area is 190 Å². The Kier molecular flexibility index (Phi) is 8.17. The third kappa shape index (κ3) is 6.53. The van der Waals surface area contributed by atoms with Crippen molar-refractivity contribution in [2.45, 2.75) is 25.4 Å². The van der Waals surface area contributed by atoms with E-state index < -0.39 is 6.04 Å². The van der Waals surface area contributed by atoms with E-state index >= 15 is 0 Å². The molecule has 2 atom stereocenters. The van der Waals surface area contributed by atoms with Gasteiger partial charge in [0.1, 0.15) is 0 Å². The molecule has 0 radical (unpaired) electrons. The second-order valence-electron chi connectivity index (χ2n) is 8.20. The number of rotatable bonds is 9. The molecule has 0 aliphatic heterocycles. The van der Waals surface area contributed by atoms with E-state index in [9.17, 15) is 9.59 Å². The quantitative estimate of drug-likeness (QED) is 0.534. The molecular weight excluding hydrogens is 398 g/mol. The lowest BCUT2D eigenvalue weighted by Gasteiger charge is -2.26. The Balaban J connectivity index is 1.67. The second kappa shape index (κ2) is 11.3. The van der Waals surface area contributed by atoms with Gasteiger partial charge < -0.3 is 15.5 Å². The van der Waals surface area contributed by atoms with E-state index in [-0.39, 0.29) is 24.3 Å². The van der Waals surface area contributed by atoms with Gasteiger partial charge in [-0.15, -0.1) is 0 Å². The zero-order chi connectivity index (χ0) is 22.9. The number of aryl methyl sites for hydroxylation is 1. The summed E-state index contributed by atoms with van der Waals surface area (Å²) in [5.41, 5.74) is 3.82. The molecule has 0 aliphatic carbocycles. The smallest absolute Gasteiger partial charge is 0.251 e. The van der Waals surface area contributed by atoms with Gasteiger partial charge in [0, 0.05) is 12.1 Å². The lowest BCUT2D eigenvalue weighted by Crippen LogP contribution is -2.37. The van der Waals surface area contributed by atoms with E-state index in [1.807, 2.05) is 62.6 Å². The van der Waals surface area contributed by atoms with Crippen LogP contribution in [0.5, 0.6) is 0 Å². The van der Waals surface area contributed by atoms with Crippen LogP contribution < -0.4 is 10.6 Å². The number of likely N-dealkylation sites (N-methyl/N-ethyl adjacent to an activating group) is 1. The standard InChI is InChI=1S/C27H31N3O2/c1-20-14-16-22(17-15-20)25(30(2)3)19-28-26(31)18-24(21-10-6-4-7-11-21)29-27(32)23-12-8-5-9-13-23/h4-17,24-25H,18-19H2,1-3H3,(H,28,31)(H,29,32)/t24-,25-/m0/s1. The van der Waals surface area contributed by atoms with Crippen molar-refractivity contribution in [2.24, 2.45) is 0 Å². The van der Waals surface area contributed by atoms with E-state index in [1.165, 1.54) is 5.56 Å². The van der Waals surface area contributed by atoms with E-state index in [2.05, 4.69) is 46.7 Å². The van der Waals surface area contributed by atoms with Crippen LogP contribution in [0.1, 0.15) is 45.6 Å². The lowest BCUT2D eigenvalue weighted by molar-refractivity contribution is -0.121. The average molecular weight is 430 g/mol. The highest BCUT2D eigenvalue weighted by molar-refractivity contribution is 5.94. The lowest BCUT2D eigenvalue weighted by atomic mass is 10.0. The van der Waals surface area contributed by atoms with Crippen molar-refractivity contribution >= 4 is 11.8 Å². The summed E-state index contributed by atoms with van der Waals surface area (Å²) < 4.78 is 0. The van der Waals surface area contributed by atoms with Gasteiger partial charge in [-0.3, -0.25) is 9.59 Å². The fraction of sp³-hybridized carbons (Fsp3) is 0.259. The first-order valence-corrected chi connectivity index (χ1v) is 10.8. The molecule has 0 unspecified atom stereocenters. The molecule has 32 heavy (non-hydrogen) atoms. The normalized spacial score (nSPS) is 12.8. The number of hydrogen-bond acceptors (Lipinski definition) is 3. The fourth-order valence-corrected chi connectivity index (χ4v) is 3.62. The minimum absolute atomic E-state index is 0.0636. The summed E-state index contributed by atoms with van der Waals surface area (Å²) in [4.78, 5) is 27.7. The van der Waals surface area contributed by atoms with Crippen LogP contribution in [-0.2, 0) is 4.79 Å². The molecule has 0 spiro atoms. The number of carbonyl (C=O) groups is 2. The van der Waals surface area contributed by atoms with Crippen molar-refractivity contribution < 1.29 is 9.59 Å². The van der Waals surface area contributed by atoms with Crippen LogP contribution in [0.4, 0.5) is 0 Å². The maximum absolute atomic E-state index is 12.9. The molecule has 0 aromatic heterocycles. The SMILES string of the molecule is Cc1ccc([C@H](CNC(=O)C[C@H](NC(=O)c2ccccc2)c2ccccc2)N(C)C)cc1. The average Bonchev–Trinajstić information content (AvgIpc) is 2.81. The molecule has 3 aromatic rings. The number of carbonyl (C=O) groups excluding carboxylic acids is 2. The van der Waals surface area contributed by atoms with Gasteiger partial charge >= 0.3 is 0 Å². The van der Waals surface area contributed by atoms with Crippen molar-refractivity contribution in [3.05, 3.63) is 107 Å². The van der Waals surface area contributed by atoms with Crippen molar-refractivity contribution in [1.82, 2.24) is 15.5 Å². The predicted octanol–water partition coefficient (Wildman–Crippen LogP) is 4.28. The van der Waals surface area contributed by atoms with Gasteiger partial charge in [0.2, 0.25) is 5.91 Å². The first-order valence-electron chi connectivity index (χ1n) is 10.8. The summed E-state index contributed by atoms with van der Waals surface area (Å²) in [7, 11) is 4.01. The van der Waals surface area contributed by atoms with E-state index in [0.717, 1.165) is 11.1 Å². The molecule has 5 heteroatoms. The Morgan fingerprint density at radius 2 is 1.41 bits per heavy atom. The van der Waals surface area contributed by atoms with E-state index in [4.69, 9.17) is 0 Å². The summed E-state index contributed by atoms with van der Waals surface area (Å²) in [5, 5.41) is 6.08. The summed E-state index contributed by atoms with van der Waals surface area (Å²) >= 11 is 0. The predicted molar refractivity (Wildman–Crippen MR) is 128 cm³/mol. The highest BCUT2D eigenvalue weighted by Gasteiger charge is 2.21. The zero-order valence-electron chi connectivity index (χ0n) is 18.9. The van der Waals surface area contributed by atoms with Crippen LogP contribution in [-0.4, -0.2) is 37.4 Å². The maximum atomic E-state index is 12.9.